The molecule has 0 aliphatic carbocycles. The van der Waals surface area contributed by atoms with Gasteiger partial charge in [0.1, 0.15) is 29.2 Å². The van der Waals surface area contributed by atoms with Crippen LogP contribution in [0.15, 0.2) is 47.4 Å². The molecule has 3 aromatic heterocycles. The maximum atomic E-state index is 14.2. The highest BCUT2D eigenvalue weighted by Crippen LogP contribution is 2.33. The van der Waals surface area contributed by atoms with E-state index in [1.54, 1.807) is 29.7 Å². The zero-order valence-corrected chi connectivity index (χ0v) is 14.2. The van der Waals surface area contributed by atoms with Crippen molar-refractivity contribution in [2.45, 2.75) is 6.92 Å². The van der Waals surface area contributed by atoms with Crippen molar-refractivity contribution in [3.63, 3.8) is 0 Å². The van der Waals surface area contributed by atoms with Gasteiger partial charge in [-0.3, -0.25) is 9.20 Å². The molecule has 0 aliphatic heterocycles. The summed E-state index contributed by atoms with van der Waals surface area (Å²) in [6.45, 7) is 1.57. The van der Waals surface area contributed by atoms with Crippen molar-refractivity contribution >= 4 is 28.8 Å². The largest absolute Gasteiger partial charge is 0.360 e. The summed E-state index contributed by atoms with van der Waals surface area (Å²) in [6.07, 6.45) is 3.17. The predicted octanol–water partition coefficient (Wildman–Crippen LogP) is 3.74. The summed E-state index contributed by atoms with van der Waals surface area (Å²) in [6, 6.07) is 7.62. The summed E-state index contributed by atoms with van der Waals surface area (Å²) in [5.41, 5.74) is 1.33. The minimum Gasteiger partial charge on any atom is -0.360 e. The summed E-state index contributed by atoms with van der Waals surface area (Å²) >= 11 is 6.09. The SMILES string of the molecule is Cc1onc(-c2c(F)cccc2Cl)c1C(=O)Nc1ccc2nncn2c1. The molecule has 26 heavy (non-hydrogen) atoms. The Hall–Kier alpha value is -3.26. The zero-order chi connectivity index (χ0) is 18.3. The normalized spacial score (nSPS) is 11.0. The first-order valence-corrected chi connectivity index (χ1v) is 7.94. The van der Waals surface area contributed by atoms with Gasteiger partial charge in [-0.1, -0.05) is 22.8 Å². The van der Waals surface area contributed by atoms with Crippen LogP contribution in [0.5, 0.6) is 0 Å². The van der Waals surface area contributed by atoms with Crippen molar-refractivity contribution in [2.75, 3.05) is 5.32 Å². The number of hydrogen-bond acceptors (Lipinski definition) is 5. The highest BCUT2D eigenvalue weighted by molar-refractivity contribution is 6.33. The van der Waals surface area contributed by atoms with Gasteiger partial charge in [0.25, 0.3) is 5.91 Å². The Labute approximate surface area is 151 Å². The van der Waals surface area contributed by atoms with Gasteiger partial charge in [0.2, 0.25) is 0 Å². The fourth-order valence-corrected chi connectivity index (χ4v) is 2.88. The molecular formula is C17H11ClFN5O2. The molecule has 0 spiro atoms. The lowest BCUT2D eigenvalue weighted by atomic mass is 10.0. The van der Waals surface area contributed by atoms with Crippen LogP contribution in [0, 0.1) is 12.7 Å². The molecule has 0 aliphatic rings. The highest BCUT2D eigenvalue weighted by Gasteiger charge is 2.25. The molecule has 3 heterocycles. The number of fused-ring (bicyclic) bond motifs is 1. The number of aromatic nitrogens is 4. The molecule has 0 fully saturated rings. The number of nitrogens with one attached hydrogen (secondary N) is 1. The highest BCUT2D eigenvalue weighted by atomic mass is 35.5. The lowest BCUT2D eigenvalue weighted by molar-refractivity contribution is 0.102. The summed E-state index contributed by atoms with van der Waals surface area (Å²) in [5.74, 6) is -0.835. The first kappa shape index (κ1) is 16.2. The van der Waals surface area contributed by atoms with Crippen molar-refractivity contribution in [3.8, 4) is 11.3 Å². The van der Waals surface area contributed by atoms with E-state index in [-0.39, 0.29) is 27.6 Å². The maximum Gasteiger partial charge on any atom is 0.261 e. The van der Waals surface area contributed by atoms with Crippen LogP contribution in [-0.2, 0) is 0 Å². The van der Waals surface area contributed by atoms with Crippen molar-refractivity contribution in [2.24, 2.45) is 0 Å². The molecule has 1 N–H and O–H groups in total. The molecule has 4 rings (SSSR count). The van der Waals surface area contributed by atoms with E-state index in [0.717, 1.165) is 0 Å². The zero-order valence-electron chi connectivity index (χ0n) is 13.4. The Morgan fingerprint density at radius 3 is 2.96 bits per heavy atom. The first-order chi connectivity index (χ1) is 12.5. The van der Waals surface area contributed by atoms with E-state index in [9.17, 15) is 9.18 Å². The Morgan fingerprint density at radius 1 is 1.31 bits per heavy atom. The molecule has 130 valence electrons. The number of hydrogen-bond donors (Lipinski definition) is 1. The minimum atomic E-state index is -0.592. The van der Waals surface area contributed by atoms with Gasteiger partial charge >= 0.3 is 0 Å². The lowest BCUT2D eigenvalue weighted by Gasteiger charge is -2.07. The quantitative estimate of drug-likeness (QED) is 0.593. The van der Waals surface area contributed by atoms with Crippen molar-refractivity contribution in [3.05, 3.63) is 65.0 Å². The molecule has 0 atom stereocenters. The Balaban J connectivity index is 1.73. The van der Waals surface area contributed by atoms with Gasteiger partial charge in [-0.25, -0.2) is 4.39 Å². The van der Waals surface area contributed by atoms with Gasteiger partial charge in [-0.05, 0) is 31.2 Å². The van der Waals surface area contributed by atoms with Crippen LogP contribution in [0.4, 0.5) is 10.1 Å². The predicted molar refractivity (Wildman–Crippen MR) is 92.6 cm³/mol. The number of aryl methyl sites for hydroxylation is 1. The number of carbonyl (C=O) groups is 1. The molecule has 0 unspecified atom stereocenters. The molecule has 9 heteroatoms. The van der Waals surface area contributed by atoms with Crippen LogP contribution in [-0.4, -0.2) is 25.7 Å². The van der Waals surface area contributed by atoms with Crippen molar-refractivity contribution in [1.29, 1.82) is 0 Å². The average molecular weight is 372 g/mol. The lowest BCUT2D eigenvalue weighted by Crippen LogP contribution is -2.14. The second kappa shape index (κ2) is 6.23. The van der Waals surface area contributed by atoms with Gasteiger partial charge in [0, 0.05) is 6.20 Å². The number of benzene rings is 1. The summed E-state index contributed by atoms with van der Waals surface area (Å²) in [7, 11) is 0. The second-order valence-corrected chi connectivity index (χ2v) is 5.93. The average Bonchev–Trinajstić information content (AvgIpc) is 3.21. The van der Waals surface area contributed by atoms with E-state index in [4.69, 9.17) is 16.1 Å². The van der Waals surface area contributed by atoms with E-state index in [1.807, 2.05) is 0 Å². The van der Waals surface area contributed by atoms with Gasteiger partial charge in [0.05, 0.1) is 16.3 Å². The second-order valence-electron chi connectivity index (χ2n) is 5.53. The number of amides is 1. The van der Waals surface area contributed by atoms with Crippen molar-refractivity contribution < 1.29 is 13.7 Å². The molecule has 1 amide bonds. The molecule has 0 radical (unpaired) electrons. The van der Waals surface area contributed by atoms with E-state index in [0.29, 0.717) is 11.3 Å². The molecule has 0 saturated heterocycles. The fraction of sp³-hybridized carbons (Fsp3) is 0.0588. The van der Waals surface area contributed by atoms with Crippen LogP contribution < -0.4 is 5.32 Å². The van der Waals surface area contributed by atoms with Crippen LogP contribution >= 0.6 is 11.6 Å². The van der Waals surface area contributed by atoms with E-state index in [1.165, 1.54) is 24.5 Å². The molecule has 1 aromatic carbocycles. The standard InChI is InChI=1S/C17H11ClFN5O2/c1-9-14(16(23-26-9)15-11(18)3-2-4-12(15)19)17(25)21-10-5-6-13-22-20-8-24(13)7-10/h2-8H,1H3,(H,21,25). The third kappa shape index (κ3) is 2.70. The Morgan fingerprint density at radius 2 is 2.15 bits per heavy atom. The number of halogens is 2. The first-order valence-electron chi connectivity index (χ1n) is 7.56. The van der Waals surface area contributed by atoms with E-state index < -0.39 is 11.7 Å². The maximum absolute atomic E-state index is 14.2. The monoisotopic (exact) mass is 371 g/mol. The fourth-order valence-electron chi connectivity index (χ4n) is 2.63. The van der Waals surface area contributed by atoms with Crippen LogP contribution in [0.25, 0.3) is 16.9 Å². The summed E-state index contributed by atoms with van der Waals surface area (Å²) in [5, 5.41) is 14.4. The van der Waals surface area contributed by atoms with Crippen molar-refractivity contribution in [1.82, 2.24) is 19.8 Å². The van der Waals surface area contributed by atoms with Gasteiger partial charge in [0.15, 0.2) is 5.65 Å². The van der Waals surface area contributed by atoms with Crippen LogP contribution in [0.3, 0.4) is 0 Å². The van der Waals surface area contributed by atoms with E-state index >= 15 is 0 Å². The minimum absolute atomic E-state index is 0.0189. The molecular weight excluding hydrogens is 361 g/mol. The number of carbonyl (C=O) groups excluding carboxylic acids is 1. The third-order valence-electron chi connectivity index (χ3n) is 3.84. The Bertz CT molecular complexity index is 1120. The van der Waals surface area contributed by atoms with E-state index in [2.05, 4.69) is 20.7 Å². The number of nitrogens with zero attached hydrogens (tertiary/aromatic N) is 4. The molecule has 7 nitrogen and oxygen atoms in total. The molecule has 0 bridgehead atoms. The van der Waals surface area contributed by atoms with Gasteiger partial charge in [-0.15, -0.1) is 10.2 Å². The van der Waals surface area contributed by atoms with Crippen LogP contribution in [0.1, 0.15) is 16.1 Å². The van der Waals surface area contributed by atoms with Gasteiger partial charge in [-0.2, -0.15) is 0 Å². The Kier molecular flexibility index (Phi) is 3.89. The number of pyridine rings is 1. The van der Waals surface area contributed by atoms with Gasteiger partial charge < -0.3 is 9.84 Å². The summed E-state index contributed by atoms with van der Waals surface area (Å²) < 4.78 is 21.0. The molecule has 0 saturated carbocycles. The number of rotatable bonds is 3. The topological polar surface area (TPSA) is 85.3 Å². The smallest absolute Gasteiger partial charge is 0.261 e. The third-order valence-corrected chi connectivity index (χ3v) is 4.15. The summed E-state index contributed by atoms with van der Waals surface area (Å²) in [4.78, 5) is 12.8. The number of anilines is 1. The molecule has 4 aromatic rings. The van der Waals surface area contributed by atoms with Crippen LogP contribution in [0.2, 0.25) is 5.02 Å².